The zero-order chi connectivity index (χ0) is 15.4. The topological polar surface area (TPSA) is 65.4 Å². The van der Waals surface area contributed by atoms with Gasteiger partial charge in [0.2, 0.25) is 5.91 Å². The minimum absolute atomic E-state index is 0.00496. The van der Waals surface area contributed by atoms with E-state index in [0.717, 1.165) is 38.8 Å². The van der Waals surface area contributed by atoms with Crippen LogP contribution in [0.5, 0.6) is 5.75 Å². The molecule has 5 heteroatoms. The largest absolute Gasteiger partial charge is 0.492 e. The maximum Gasteiger partial charge on any atom is 0.237 e. The Balaban J connectivity index is 1.47. The van der Waals surface area contributed by atoms with Gasteiger partial charge in [-0.2, -0.15) is 5.26 Å². The number of nitrogens with one attached hydrogen (secondary N) is 1. The van der Waals surface area contributed by atoms with Crippen molar-refractivity contribution in [3.8, 4) is 11.8 Å². The fourth-order valence-corrected chi connectivity index (χ4v) is 2.85. The van der Waals surface area contributed by atoms with Gasteiger partial charge in [0, 0.05) is 12.6 Å². The van der Waals surface area contributed by atoms with Gasteiger partial charge in [-0.1, -0.05) is 6.07 Å². The standard InChI is InChI=1S/C17H21N3O2/c18-12-13-3-1-4-15(11-13)22-10-9-20-8-2-5-16(20)17(21)19-14-6-7-14/h1,3-4,11,14,16H,2,5-10H2,(H,19,21). The number of rotatable bonds is 6. The molecule has 5 nitrogen and oxygen atoms in total. The molecule has 0 radical (unpaired) electrons. The van der Waals surface area contributed by atoms with Gasteiger partial charge in [-0.3, -0.25) is 9.69 Å². The van der Waals surface area contributed by atoms with Crippen molar-refractivity contribution in [3.05, 3.63) is 29.8 Å². The van der Waals surface area contributed by atoms with Crippen LogP contribution in [0.15, 0.2) is 24.3 Å². The predicted molar refractivity (Wildman–Crippen MR) is 82.4 cm³/mol. The molecule has 1 amide bonds. The summed E-state index contributed by atoms with van der Waals surface area (Å²) in [6.07, 6.45) is 4.24. The summed E-state index contributed by atoms with van der Waals surface area (Å²) in [5, 5.41) is 12.0. The molecule has 1 aromatic carbocycles. The molecular weight excluding hydrogens is 278 g/mol. The SMILES string of the molecule is N#Cc1cccc(OCCN2CCCC2C(=O)NC2CC2)c1. The van der Waals surface area contributed by atoms with Gasteiger partial charge < -0.3 is 10.1 Å². The highest BCUT2D eigenvalue weighted by molar-refractivity contribution is 5.82. The quantitative estimate of drug-likeness (QED) is 0.868. The summed E-state index contributed by atoms with van der Waals surface area (Å²) < 4.78 is 5.71. The number of hydrogen-bond donors (Lipinski definition) is 1. The molecule has 1 atom stereocenters. The maximum absolute atomic E-state index is 12.2. The van der Waals surface area contributed by atoms with Crippen LogP contribution < -0.4 is 10.1 Å². The van der Waals surface area contributed by atoms with E-state index in [1.165, 1.54) is 0 Å². The van der Waals surface area contributed by atoms with Crippen LogP contribution in [0.4, 0.5) is 0 Å². The Hall–Kier alpha value is -2.06. The summed E-state index contributed by atoms with van der Waals surface area (Å²) in [7, 11) is 0. The average Bonchev–Trinajstić information content (AvgIpc) is 3.22. The summed E-state index contributed by atoms with van der Waals surface area (Å²) in [5.74, 6) is 0.878. The van der Waals surface area contributed by atoms with Gasteiger partial charge >= 0.3 is 0 Å². The molecule has 1 unspecified atom stereocenters. The second-order valence-electron chi connectivity index (χ2n) is 5.96. The number of carbonyl (C=O) groups excluding carboxylic acids is 1. The van der Waals surface area contributed by atoms with E-state index in [4.69, 9.17) is 10.00 Å². The second-order valence-corrected chi connectivity index (χ2v) is 5.96. The van der Waals surface area contributed by atoms with Crippen molar-refractivity contribution in [1.29, 1.82) is 5.26 Å². The summed E-state index contributed by atoms with van der Waals surface area (Å²) in [6, 6.07) is 9.67. The van der Waals surface area contributed by atoms with Crippen molar-refractivity contribution in [2.75, 3.05) is 19.7 Å². The smallest absolute Gasteiger partial charge is 0.237 e. The van der Waals surface area contributed by atoms with Crippen LogP contribution in [0, 0.1) is 11.3 Å². The fourth-order valence-electron chi connectivity index (χ4n) is 2.85. The summed E-state index contributed by atoms with van der Waals surface area (Å²) in [4.78, 5) is 14.4. The van der Waals surface area contributed by atoms with Crippen molar-refractivity contribution >= 4 is 5.91 Å². The Kier molecular flexibility index (Phi) is 4.59. The maximum atomic E-state index is 12.2. The number of ether oxygens (including phenoxy) is 1. The van der Waals surface area contributed by atoms with Gasteiger partial charge in [0.25, 0.3) is 0 Å². The number of likely N-dealkylation sites (tertiary alicyclic amines) is 1. The normalized spacial score (nSPS) is 21.3. The molecule has 22 heavy (non-hydrogen) atoms. The predicted octanol–water partition coefficient (Wildman–Crippen LogP) is 1.68. The summed E-state index contributed by atoms with van der Waals surface area (Å²) in [6.45, 7) is 2.21. The van der Waals surface area contributed by atoms with Crippen LogP contribution >= 0.6 is 0 Å². The van der Waals surface area contributed by atoms with E-state index in [9.17, 15) is 4.79 Å². The van der Waals surface area contributed by atoms with E-state index >= 15 is 0 Å². The Labute approximate surface area is 130 Å². The number of amides is 1. The lowest BCUT2D eigenvalue weighted by Gasteiger charge is -2.23. The first-order valence-corrected chi connectivity index (χ1v) is 7.93. The molecule has 1 saturated carbocycles. The molecule has 0 aromatic heterocycles. The molecule has 1 N–H and O–H groups in total. The molecule has 1 saturated heterocycles. The van der Waals surface area contributed by atoms with Gasteiger partial charge in [0.1, 0.15) is 12.4 Å². The molecular formula is C17H21N3O2. The van der Waals surface area contributed by atoms with Crippen molar-refractivity contribution in [1.82, 2.24) is 10.2 Å². The minimum Gasteiger partial charge on any atom is -0.492 e. The molecule has 1 aliphatic carbocycles. The minimum atomic E-state index is -0.00496. The Morgan fingerprint density at radius 1 is 1.41 bits per heavy atom. The number of hydrogen-bond acceptors (Lipinski definition) is 4. The van der Waals surface area contributed by atoms with E-state index in [1.54, 1.807) is 12.1 Å². The zero-order valence-electron chi connectivity index (χ0n) is 12.6. The fraction of sp³-hybridized carbons (Fsp3) is 0.529. The van der Waals surface area contributed by atoms with E-state index in [0.29, 0.717) is 24.0 Å². The van der Waals surface area contributed by atoms with Crippen LogP contribution in [0.3, 0.4) is 0 Å². The third-order valence-electron chi connectivity index (χ3n) is 4.20. The molecule has 0 spiro atoms. The van der Waals surface area contributed by atoms with Crippen LogP contribution in [-0.2, 0) is 4.79 Å². The van der Waals surface area contributed by atoms with Crippen LogP contribution in [0.1, 0.15) is 31.2 Å². The number of carbonyl (C=O) groups is 1. The lowest BCUT2D eigenvalue weighted by atomic mass is 10.2. The molecule has 3 rings (SSSR count). The molecule has 0 bridgehead atoms. The summed E-state index contributed by atoms with van der Waals surface area (Å²) >= 11 is 0. The average molecular weight is 299 g/mol. The van der Waals surface area contributed by atoms with Gasteiger partial charge in [-0.25, -0.2) is 0 Å². The van der Waals surface area contributed by atoms with Crippen LogP contribution in [-0.4, -0.2) is 42.6 Å². The van der Waals surface area contributed by atoms with E-state index in [1.807, 2.05) is 12.1 Å². The highest BCUT2D eigenvalue weighted by Crippen LogP contribution is 2.22. The molecule has 1 aromatic rings. The van der Waals surface area contributed by atoms with Crippen molar-refractivity contribution in [2.45, 2.75) is 37.8 Å². The number of nitriles is 1. The Morgan fingerprint density at radius 3 is 3.05 bits per heavy atom. The number of benzene rings is 1. The van der Waals surface area contributed by atoms with Crippen molar-refractivity contribution in [3.63, 3.8) is 0 Å². The van der Waals surface area contributed by atoms with Crippen LogP contribution in [0.25, 0.3) is 0 Å². The molecule has 2 fully saturated rings. The van der Waals surface area contributed by atoms with Gasteiger partial charge in [-0.05, 0) is 50.4 Å². The first-order chi connectivity index (χ1) is 10.8. The van der Waals surface area contributed by atoms with Crippen LogP contribution in [0.2, 0.25) is 0 Å². The monoisotopic (exact) mass is 299 g/mol. The van der Waals surface area contributed by atoms with Crippen molar-refractivity contribution in [2.24, 2.45) is 0 Å². The first kappa shape index (κ1) is 14.9. The highest BCUT2D eigenvalue weighted by atomic mass is 16.5. The highest BCUT2D eigenvalue weighted by Gasteiger charge is 2.33. The second kappa shape index (κ2) is 6.80. The van der Waals surface area contributed by atoms with Gasteiger partial charge in [-0.15, -0.1) is 0 Å². The van der Waals surface area contributed by atoms with E-state index < -0.39 is 0 Å². The summed E-state index contributed by atoms with van der Waals surface area (Å²) in [5.41, 5.74) is 0.598. The third kappa shape index (κ3) is 3.77. The lowest BCUT2D eigenvalue weighted by molar-refractivity contribution is -0.125. The van der Waals surface area contributed by atoms with Crippen molar-refractivity contribution < 1.29 is 9.53 Å². The van der Waals surface area contributed by atoms with Gasteiger partial charge in [0.05, 0.1) is 17.7 Å². The molecule has 2 aliphatic rings. The van der Waals surface area contributed by atoms with Gasteiger partial charge in [0.15, 0.2) is 0 Å². The lowest BCUT2D eigenvalue weighted by Crippen LogP contribution is -2.45. The third-order valence-corrected chi connectivity index (χ3v) is 4.20. The Bertz CT molecular complexity index is 578. The molecule has 1 heterocycles. The van der Waals surface area contributed by atoms with E-state index in [2.05, 4.69) is 16.3 Å². The molecule has 116 valence electrons. The molecule has 1 aliphatic heterocycles. The zero-order valence-corrected chi connectivity index (χ0v) is 12.6. The Morgan fingerprint density at radius 2 is 2.27 bits per heavy atom. The number of nitrogens with zero attached hydrogens (tertiary/aromatic N) is 2. The first-order valence-electron chi connectivity index (χ1n) is 7.93. The van der Waals surface area contributed by atoms with E-state index in [-0.39, 0.29) is 11.9 Å².